The Balaban J connectivity index is 2.18. The Morgan fingerprint density at radius 3 is 2.24 bits per heavy atom. The maximum Gasteiger partial charge on any atom is 0.154 e. The molecule has 0 amide bonds. The third kappa shape index (κ3) is 3.72. The maximum atomic E-state index is 11.3. The minimum Gasteiger partial charge on any atom is -0.488 e. The minimum atomic E-state index is 0.484. The summed E-state index contributed by atoms with van der Waals surface area (Å²) in [5.41, 5.74) is 5.27. The van der Waals surface area contributed by atoms with E-state index in [1.807, 2.05) is 19.1 Å². The van der Waals surface area contributed by atoms with Gasteiger partial charge >= 0.3 is 0 Å². The SMILES string of the molecule is CCc1ccc(COc2cc(C)cc(CC)c2C=O)cc1. The monoisotopic (exact) mass is 282 g/mol. The summed E-state index contributed by atoms with van der Waals surface area (Å²) in [4.78, 5) is 11.3. The Kier molecular flexibility index (Phi) is 5.15. The highest BCUT2D eigenvalue weighted by Crippen LogP contribution is 2.24. The van der Waals surface area contributed by atoms with E-state index in [-0.39, 0.29) is 0 Å². The number of carbonyl (C=O) groups excluding carboxylic acids is 1. The molecule has 0 radical (unpaired) electrons. The lowest BCUT2D eigenvalue weighted by atomic mass is 10.0. The van der Waals surface area contributed by atoms with Gasteiger partial charge in [0.1, 0.15) is 12.4 Å². The molecule has 21 heavy (non-hydrogen) atoms. The van der Waals surface area contributed by atoms with Gasteiger partial charge in [0.15, 0.2) is 6.29 Å². The van der Waals surface area contributed by atoms with E-state index < -0.39 is 0 Å². The molecule has 0 aliphatic carbocycles. The van der Waals surface area contributed by atoms with Crippen LogP contribution in [0.15, 0.2) is 36.4 Å². The topological polar surface area (TPSA) is 26.3 Å². The van der Waals surface area contributed by atoms with E-state index in [0.29, 0.717) is 17.9 Å². The van der Waals surface area contributed by atoms with Crippen LogP contribution in [0.5, 0.6) is 5.75 Å². The molecule has 110 valence electrons. The number of rotatable bonds is 6. The van der Waals surface area contributed by atoms with Crippen LogP contribution < -0.4 is 4.74 Å². The molecular weight excluding hydrogens is 260 g/mol. The fraction of sp³-hybridized carbons (Fsp3) is 0.316. The molecule has 0 N–H and O–H groups in total. The summed E-state index contributed by atoms with van der Waals surface area (Å²) in [6.45, 7) is 6.70. The van der Waals surface area contributed by atoms with Gasteiger partial charge in [-0.3, -0.25) is 4.79 Å². The highest BCUT2D eigenvalue weighted by atomic mass is 16.5. The van der Waals surface area contributed by atoms with Gasteiger partial charge in [-0.15, -0.1) is 0 Å². The lowest BCUT2D eigenvalue weighted by Crippen LogP contribution is -2.02. The minimum absolute atomic E-state index is 0.484. The van der Waals surface area contributed by atoms with E-state index in [1.165, 1.54) is 5.56 Å². The third-order valence-electron chi connectivity index (χ3n) is 3.70. The molecule has 0 fully saturated rings. The standard InChI is InChI=1S/C19H22O2/c1-4-15-6-8-16(9-7-15)13-21-19-11-14(3)10-17(5-2)18(19)12-20/h6-12H,4-5,13H2,1-3H3. The first-order chi connectivity index (χ1) is 10.2. The zero-order valence-corrected chi connectivity index (χ0v) is 13.0. The van der Waals surface area contributed by atoms with Crippen LogP contribution in [0, 0.1) is 6.92 Å². The lowest BCUT2D eigenvalue weighted by molar-refractivity contribution is 0.111. The molecule has 0 aliphatic rings. The van der Waals surface area contributed by atoms with Crippen molar-refractivity contribution in [2.45, 2.75) is 40.2 Å². The van der Waals surface area contributed by atoms with Crippen molar-refractivity contribution in [3.63, 3.8) is 0 Å². The van der Waals surface area contributed by atoms with E-state index in [9.17, 15) is 4.79 Å². The first-order valence-electron chi connectivity index (χ1n) is 7.47. The molecule has 0 heterocycles. The average Bonchev–Trinajstić information content (AvgIpc) is 2.52. The fourth-order valence-corrected chi connectivity index (χ4v) is 2.41. The molecule has 0 spiro atoms. The molecule has 0 atom stereocenters. The summed E-state index contributed by atoms with van der Waals surface area (Å²) in [6, 6.07) is 12.4. The van der Waals surface area contributed by atoms with Crippen LogP contribution in [-0.4, -0.2) is 6.29 Å². The molecule has 0 aliphatic heterocycles. The number of ether oxygens (including phenoxy) is 1. The summed E-state index contributed by atoms with van der Waals surface area (Å²) in [6.07, 6.45) is 2.76. The molecular formula is C19H22O2. The van der Waals surface area contributed by atoms with Crippen molar-refractivity contribution in [1.82, 2.24) is 0 Å². The van der Waals surface area contributed by atoms with Gasteiger partial charge in [-0.2, -0.15) is 0 Å². The number of benzene rings is 2. The predicted molar refractivity (Wildman–Crippen MR) is 86.1 cm³/mol. The summed E-state index contributed by atoms with van der Waals surface area (Å²) >= 11 is 0. The first kappa shape index (κ1) is 15.3. The van der Waals surface area contributed by atoms with Crippen molar-refractivity contribution in [2.75, 3.05) is 0 Å². The van der Waals surface area contributed by atoms with Gasteiger partial charge in [0.05, 0.1) is 5.56 Å². The molecule has 0 saturated carbocycles. The first-order valence-corrected chi connectivity index (χ1v) is 7.47. The van der Waals surface area contributed by atoms with Crippen LogP contribution in [0.2, 0.25) is 0 Å². The van der Waals surface area contributed by atoms with E-state index in [1.54, 1.807) is 0 Å². The van der Waals surface area contributed by atoms with Gasteiger partial charge < -0.3 is 4.74 Å². The summed E-state index contributed by atoms with van der Waals surface area (Å²) in [7, 11) is 0. The largest absolute Gasteiger partial charge is 0.488 e. The normalized spacial score (nSPS) is 10.4. The predicted octanol–water partition coefficient (Wildman–Crippen LogP) is 4.51. The summed E-state index contributed by atoms with van der Waals surface area (Å²) in [5.74, 6) is 0.682. The third-order valence-corrected chi connectivity index (χ3v) is 3.70. The van der Waals surface area contributed by atoms with Crippen LogP contribution in [-0.2, 0) is 19.4 Å². The van der Waals surface area contributed by atoms with Gasteiger partial charge in [-0.25, -0.2) is 0 Å². The number of aldehydes is 1. The Hall–Kier alpha value is -2.09. The van der Waals surface area contributed by atoms with Crippen molar-refractivity contribution in [3.8, 4) is 5.75 Å². The fourth-order valence-electron chi connectivity index (χ4n) is 2.41. The van der Waals surface area contributed by atoms with Crippen molar-refractivity contribution in [2.24, 2.45) is 0 Å². The number of aryl methyl sites for hydroxylation is 3. The molecule has 2 aromatic rings. The molecule has 2 heteroatoms. The van der Waals surface area contributed by atoms with Crippen LogP contribution in [0.3, 0.4) is 0 Å². The number of hydrogen-bond donors (Lipinski definition) is 0. The molecule has 0 aromatic heterocycles. The second-order valence-corrected chi connectivity index (χ2v) is 5.27. The Morgan fingerprint density at radius 1 is 1.00 bits per heavy atom. The summed E-state index contributed by atoms with van der Waals surface area (Å²) < 4.78 is 5.88. The zero-order valence-electron chi connectivity index (χ0n) is 13.0. The van der Waals surface area contributed by atoms with Crippen LogP contribution in [0.25, 0.3) is 0 Å². The van der Waals surface area contributed by atoms with Crippen LogP contribution >= 0.6 is 0 Å². The molecule has 2 nitrogen and oxygen atoms in total. The van der Waals surface area contributed by atoms with Gasteiger partial charge in [0.2, 0.25) is 0 Å². The molecule has 2 rings (SSSR count). The highest BCUT2D eigenvalue weighted by Gasteiger charge is 2.09. The Labute approximate surface area is 126 Å². The average molecular weight is 282 g/mol. The molecule has 0 saturated heterocycles. The van der Waals surface area contributed by atoms with E-state index in [2.05, 4.69) is 38.1 Å². The second kappa shape index (κ2) is 7.07. The van der Waals surface area contributed by atoms with Crippen LogP contribution in [0.1, 0.15) is 46.5 Å². The summed E-state index contributed by atoms with van der Waals surface area (Å²) in [5, 5.41) is 0. The van der Waals surface area contributed by atoms with E-state index >= 15 is 0 Å². The Morgan fingerprint density at radius 2 is 1.67 bits per heavy atom. The second-order valence-electron chi connectivity index (χ2n) is 5.27. The van der Waals surface area contributed by atoms with Gasteiger partial charge in [-0.1, -0.05) is 44.2 Å². The zero-order chi connectivity index (χ0) is 15.2. The van der Waals surface area contributed by atoms with Crippen molar-refractivity contribution in [3.05, 3.63) is 64.2 Å². The van der Waals surface area contributed by atoms with Crippen molar-refractivity contribution in [1.29, 1.82) is 0 Å². The van der Waals surface area contributed by atoms with Crippen molar-refractivity contribution < 1.29 is 9.53 Å². The van der Waals surface area contributed by atoms with E-state index in [0.717, 1.165) is 35.8 Å². The smallest absolute Gasteiger partial charge is 0.154 e. The highest BCUT2D eigenvalue weighted by molar-refractivity contribution is 5.82. The number of carbonyl (C=O) groups is 1. The molecule has 2 aromatic carbocycles. The lowest BCUT2D eigenvalue weighted by Gasteiger charge is -2.13. The molecule has 0 unspecified atom stereocenters. The quantitative estimate of drug-likeness (QED) is 0.729. The molecule has 0 bridgehead atoms. The van der Waals surface area contributed by atoms with Crippen molar-refractivity contribution >= 4 is 6.29 Å². The van der Waals surface area contributed by atoms with E-state index in [4.69, 9.17) is 4.74 Å². The van der Waals surface area contributed by atoms with Gasteiger partial charge in [0.25, 0.3) is 0 Å². The number of hydrogen-bond acceptors (Lipinski definition) is 2. The maximum absolute atomic E-state index is 11.3. The van der Waals surface area contributed by atoms with Gasteiger partial charge in [-0.05, 0) is 48.1 Å². The van der Waals surface area contributed by atoms with Gasteiger partial charge in [0, 0.05) is 0 Å². The Bertz CT molecular complexity index is 612. The van der Waals surface area contributed by atoms with Crippen LogP contribution in [0.4, 0.5) is 0 Å².